The number of hydrogen-bond donors (Lipinski definition) is 0. The van der Waals surface area contributed by atoms with E-state index in [1.807, 2.05) is 0 Å². The maximum atomic E-state index is 12.1. The summed E-state index contributed by atoms with van der Waals surface area (Å²) in [5.41, 5.74) is -5.34. The van der Waals surface area contributed by atoms with Crippen molar-refractivity contribution in [3.8, 4) is 0 Å². The van der Waals surface area contributed by atoms with Crippen molar-refractivity contribution in [2.45, 2.75) is 83.3 Å². The molecule has 0 aromatic rings. The van der Waals surface area contributed by atoms with E-state index in [1.165, 1.54) is 13.1 Å². The van der Waals surface area contributed by atoms with E-state index < -0.39 is 36.4 Å². The molecule has 0 saturated heterocycles. The Labute approximate surface area is 145 Å². The first-order valence-corrected chi connectivity index (χ1v) is 15.5. The van der Waals surface area contributed by atoms with Crippen molar-refractivity contribution in [2.75, 3.05) is 0 Å². The van der Waals surface area contributed by atoms with Crippen LogP contribution in [0.25, 0.3) is 0 Å². The van der Waals surface area contributed by atoms with Gasteiger partial charge in [0.2, 0.25) is 8.32 Å². The minimum Gasteiger partial charge on any atom is -0.308 e. The Morgan fingerprint density at radius 1 is 0.826 bits per heavy atom. The zero-order valence-electron chi connectivity index (χ0n) is 15.6. The molecule has 0 rings (SSSR count). The van der Waals surface area contributed by atoms with Gasteiger partial charge in [-0.3, -0.25) is 0 Å². The van der Waals surface area contributed by atoms with Gasteiger partial charge in [0.25, 0.3) is 0 Å². The first-order valence-electron chi connectivity index (χ1n) is 7.16. The smallest absolute Gasteiger partial charge is 0.308 e. The third-order valence-corrected chi connectivity index (χ3v) is 16.2. The van der Waals surface area contributed by atoms with Crippen LogP contribution in [-0.2, 0) is 14.0 Å². The molecule has 0 radical (unpaired) electrons. The Balaban J connectivity index is 0. The second-order valence-corrected chi connectivity index (χ2v) is 22.3. The Morgan fingerprint density at radius 3 is 1.22 bits per heavy atom. The van der Waals surface area contributed by atoms with Gasteiger partial charge in [0, 0.05) is 0 Å². The third-order valence-electron chi connectivity index (χ3n) is 4.19. The van der Waals surface area contributed by atoms with Crippen molar-refractivity contribution in [3.05, 3.63) is 0 Å². The van der Waals surface area contributed by atoms with Gasteiger partial charge in [0.1, 0.15) is 0 Å². The predicted octanol–water partition coefficient (Wildman–Crippen LogP) is 6.09. The highest BCUT2D eigenvalue weighted by Gasteiger charge is 2.52. The van der Waals surface area contributed by atoms with Gasteiger partial charge in [0.15, 0.2) is 7.38 Å². The first kappa shape index (κ1) is 25.7. The molecule has 0 aliphatic carbocycles. The van der Waals surface area contributed by atoms with E-state index in [2.05, 4.69) is 37.7 Å². The lowest BCUT2D eigenvalue weighted by Crippen LogP contribution is -2.45. The van der Waals surface area contributed by atoms with E-state index >= 15 is 0 Å². The van der Waals surface area contributed by atoms with E-state index in [0.717, 1.165) is 0 Å². The van der Waals surface area contributed by atoms with Gasteiger partial charge in [-0.2, -0.15) is 32.7 Å². The van der Waals surface area contributed by atoms with Crippen LogP contribution in [0.3, 0.4) is 0 Å². The third kappa shape index (κ3) is 8.37. The van der Waals surface area contributed by atoms with E-state index in [-0.39, 0.29) is 0 Å². The van der Waals surface area contributed by atoms with Crippen LogP contribution in [0, 0.1) is 0 Å². The zero-order valence-corrected chi connectivity index (χ0v) is 19.2. The van der Waals surface area contributed by atoms with Crippen LogP contribution in [-0.4, -0.2) is 29.6 Å². The van der Waals surface area contributed by atoms with Gasteiger partial charge in [-0.15, -0.1) is 0 Å². The molecule has 142 valence electrons. The monoisotopic (exact) mass is 414 g/mol. The SMILES string of the molecule is CC(C)(C)[Si](C)(C)Cl.CC(C)(C)[Si](C)(C)OS(=O)(=O)C(F)(F)F. The van der Waals surface area contributed by atoms with Gasteiger partial charge in [-0.25, -0.2) is 0 Å². The molecule has 0 amide bonds. The fourth-order valence-corrected chi connectivity index (χ4v) is 4.02. The summed E-state index contributed by atoms with van der Waals surface area (Å²) < 4.78 is 62.1. The Hall–Kier alpha value is 0.424. The minimum atomic E-state index is -5.48. The largest absolute Gasteiger partial charge is 0.522 e. The standard InChI is InChI=1S/C7H15F3O3SSi.C6H15ClSi/c1-6(2,3)15(4,5)13-14(11,12)7(8,9)10;1-6(2,3)8(4,5)7/h1-5H3;1-5H3. The average molecular weight is 415 g/mol. The molecule has 0 aliphatic heterocycles. The Kier molecular flexibility index (Phi) is 8.20. The number of halogens is 4. The van der Waals surface area contributed by atoms with Crippen LogP contribution in [0.4, 0.5) is 13.2 Å². The lowest BCUT2D eigenvalue weighted by Gasteiger charge is -2.35. The zero-order chi connectivity index (χ0) is 19.7. The Morgan fingerprint density at radius 2 is 1.09 bits per heavy atom. The van der Waals surface area contributed by atoms with Crippen molar-refractivity contribution in [2.24, 2.45) is 0 Å². The van der Waals surface area contributed by atoms with E-state index in [1.54, 1.807) is 20.8 Å². The molecule has 0 aromatic carbocycles. The second kappa shape index (κ2) is 7.35. The number of hydrogen-bond acceptors (Lipinski definition) is 3. The second-order valence-electron chi connectivity index (χ2n) is 8.47. The summed E-state index contributed by atoms with van der Waals surface area (Å²) in [6, 6.07) is 0. The van der Waals surface area contributed by atoms with Gasteiger partial charge < -0.3 is 3.87 Å². The van der Waals surface area contributed by atoms with Crippen LogP contribution in [0.5, 0.6) is 0 Å². The molecule has 0 aromatic heterocycles. The van der Waals surface area contributed by atoms with Crippen molar-refractivity contribution in [1.29, 1.82) is 0 Å². The van der Waals surface area contributed by atoms with Crippen LogP contribution in [0.1, 0.15) is 41.5 Å². The highest BCUT2D eigenvalue weighted by Crippen LogP contribution is 2.40. The normalized spacial score (nSPS) is 15.0. The topological polar surface area (TPSA) is 43.4 Å². The first-order chi connectivity index (χ1) is 9.46. The van der Waals surface area contributed by atoms with Gasteiger partial charge >= 0.3 is 15.6 Å². The van der Waals surface area contributed by atoms with E-state index in [9.17, 15) is 21.6 Å². The van der Waals surface area contributed by atoms with Gasteiger partial charge in [-0.05, 0) is 23.2 Å². The van der Waals surface area contributed by atoms with Crippen LogP contribution in [0.2, 0.25) is 36.3 Å². The van der Waals surface area contributed by atoms with Crippen molar-refractivity contribution >= 4 is 36.9 Å². The summed E-state index contributed by atoms with van der Waals surface area (Å²) >= 11 is 6.15. The molecule has 0 atom stereocenters. The molecule has 0 bridgehead atoms. The highest BCUT2D eigenvalue weighted by atomic mass is 35.6. The molecule has 10 heteroatoms. The molecule has 3 nitrogen and oxygen atoms in total. The molecular weight excluding hydrogens is 385 g/mol. The molecule has 0 fully saturated rings. The summed E-state index contributed by atoms with van der Waals surface area (Å²) in [4.78, 5) is 0. The predicted molar refractivity (Wildman–Crippen MR) is 96.3 cm³/mol. The molecular formula is C13H30ClF3O3SSi2. The lowest BCUT2D eigenvalue weighted by atomic mass is 10.2. The van der Waals surface area contributed by atoms with Crippen LogP contribution in [0.15, 0.2) is 0 Å². The van der Waals surface area contributed by atoms with Crippen molar-refractivity contribution in [1.82, 2.24) is 0 Å². The van der Waals surface area contributed by atoms with Crippen LogP contribution < -0.4 is 0 Å². The summed E-state index contributed by atoms with van der Waals surface area (Å²) in [6.07, 6.45) is 0. The number of rotatable bonds is 2. The summed E-state index contributed by atoms with van der Waals surface area (Å²) in [6.45, 7) is 18.8. The molecule has 0 heterocycles. The van der Waals surface area contributed by atoms with Crippen molar-refractivity contribution < 1.29 is 25.5 Å². The summed E-state index contributed by atoms with van der Waals surface area (Å²) in [7, 11) is -9.82. The fraction of sp³-hybridized carbons (Fsp3) is 1.00. The quantitative estimate of drug-likeness (QED) is 0.312. The Bertz CT molecular complexity index is 473. The summed E-state index contributed by atoms with van der Waals surface area (Å²) in [5, 5.41) is -0.250. The molecule has 0 saturated carbocycles. The van der Waals surface area contributed by atoms with Crippen molar-refractivity contribution in [3.63, 3.8) is 0 Å². The summed E-state index contributed by atoms with van der Waals surface area (Å²) in [5.74, 6) is 0. The van der Waals surface area contributed by atoms with Gasteiger partial charge in [-0.1, -0.05) is 54.6 Å². The van der Waals surface area contributed by atoms with E-state index in [0.29, 0.717) is 5.04 Å². The molecule has 0 spiro atoms. The molecule has 0 aliphatic rings. The maximum Gasteiger partial charge on any atom is 0.522 e. The molecule has 23 heavy (non-hydrogen) atoms. The molecule has 0 unspecified atom stereocenters. The molecule has 0 N–H and O–H groups in total. The average Bonchev–Trinajstić information content (AvgIpc) is 2.08. The van der Waals surface area contributed by atoms with Gasteiger partial charge in [0.05, 0.1) is 0 Å². The van der Waals surface area contributed by atoms with Crippen LogP contribution >= 0.6 is 11.1 Å². The van der Waals surface area contributed by atoms with E-state index in [4.69, 9.17) is 11.1 Å². The maximum absolute atomic E-state index is 12.1. The highest BCUT2D eigenvalue weighted by molar-refractivity contribution is 7.88. The lowest BCUT2D eigenvalue weighted by molar-refractivity contribution is -0.0504. The number of alkyl halides is 3. The fourth-order valence-electron chi connectivity index (χ4n) is 0.447. The minimum absolute atomic E-state index is 0.342.